The van der Waals surface area contributed by atoms with Crippen molar-refractivity contribution in [1.29, 1.82) is 0 Å². The molecular weight excluding hydrogens is 317 g/mol. The van der Waals surface area contributed by atoms with Crippen LogP contribution < -0.4 is 10.2 Å². The highest BCUT2D eigenvalue weighted by atomic mass is 19.1. The lowest BCUT2D eigenvalue weighted by molar-refractivity contribution is 0.0951. The third-order valence-electron chi connectivity index (χ3n) is 4.52. The van der Waals surface area contributed by atoms with Gasteiger partial charge in [-0.3, -0.25) is 9.69 Å². The van der Waals surface area contributed by atoms with Crippen LogP contribution in [0.1, 0.15) is 16.8 Å². The second kappa shape index (κ2) is 8.62. The molecule has 0 unspecified atom stereocenters. The normalized spacial score (nSPS) is 15.2. The summed E-state index contributed by atoms with van der Waals surface area (Å²) in [7, 11) is 0. The Bertz CT molecular complexity index is 684. The molecule has 1 N–H and O–H groups in total. The molecule has 1 heterocycles. The molecule has 0 atom stereocenters. The number of halogens is 1. The summed E-state index contributed by atoms with van der Waals surface area (Å²) in [6.45, 7) is 5.69. The van der Waals surface area contributed by atoms with Crippen LogP contribution in [0.5, 0.6) is 0 Å². The highest BCUT2D eigenvalue weighted by molar-refractivity contribution is 5.94. The Labute approximate surface area is 148 Å². The molecule has 1 amide bonds. The van der Waals surface area contributed by atoms with Crippen molar-refractivity contribution in [2.75, 3.05) is 44.2 Å². The van der Waals surface area contributed by atoms with Crippen molar-refractivity contribution in [3.05, 3.63) is 66.0 Å². The number of hydrogen-bond donors (Lipinski definition) is 1. The van der Waals surface area contributed by atoms with Crippen LogP contribution in [0.3, 0.4) is 0 Å². The molecule has 0 bridgehead atoms. The number of piperazine rings is 1. The smallest absolute Gasteiger partial charge is 0.251 e. The summed E-state index contributed by atoms with van der Waals surface area (Å²) in [5.74, 6) is -0.600. The predicted octanol–water partition coefficient (Wildman–Crippen LogP) is 2.77. The molecular formula is C20H24FN3O. The Balaban J connectivity index is 1.34. The number of rotatable bonds is 6. The second-order valence-corrected chi connectivity index (χ2v) is 6.28. The zero-order valence-corrected chi connectivity index (χ0v) is 14.3. The van der Waals surface area contributed by atoms with Crippen LogP contribution in [0.4, 0.5) is 10.1 Å². The fourth-order valence-corrected chi connectivity index (χ4v) is 3.10. The number of carbonyl (C=O) groups excluding carboxylic acids is 1. The summed E-state index contributed by atoms with van der Waals surface area (Å²) < 4.78 is 13.1. The van der Waals surface area contributed by atoms with Crippen molar-refractivity contribution in [3.8, 4) is 0 Å². The van der Waals surface area contributed by atoms with Gasteiger partial charge in [0.15, 0.2) is 0 Å². The lowest BCUT2D eigenvalue weighted by atomic mass is 10.2. The Morgan fingerprint density at radius 3 is 2.48 bits per heavy atom. The largest absolute Gasteiger partial charge is 0.369 e. The molecule has 1 saturated heterocycles. The molecule has 5 heteroatoms. The van der Waals surface area contributed by atoms with Crippen molar-refractivity contribution >= 4 is 11.6 Å². The van der Waals surface area contributed by atoms with Crippen molar-refractivity contribution < 1.29 is 9.18 Å². The Morgan fingerprint density at radius 1 is 1.00 bits per heavy atom. The Hall–Kier alpha value is -2.40. The third kappa shape index (κ3) is 5.03. The monoisotopic (exact) mass is 341 g/mol. The van der Waals surface area contributed by atoms with E-state index in [4.69, 9.17) is 0 Å². The predicted molar refractivity (Wildman–Crippen MR) is 98.4 cm³/mol. The average molecular weight is 341 g/mol. The molecule has 132 valence electrons. The van der Waals surface area contributed by atoms with Gasteiger partial charge in [-0.1, -0.05) is 24.3 Å². The maximum Gasteiger partial charge on any atom is 0.251 e. The first-order valence-electron chi connectivity index (χ1n) is 8.78. The van der Waals surface area contributed by atoms with Gasteiger partial charge in [-0.2, -0.15) is 0 Å². The van der Waals surface area contributed by atoms with Crippen molar-refractivity contribution in [1.82, 2.24) is 10.2 Å². The van der Waals surface area contributed by atoms with Gasteiger partial charge >= 0.3 is 0 Å². The van der Waals surface area contributed by atoms with Crippen LogP contribution in [0.2, 0.25) is 0 Å². The van der Waals surface area contributed by atoms with Crippen LogP contribution in [0.15, 0.2) is 54.6 Å². The van der Waals surface area contributed by atoms with Gasteiger partial charge in [0.1, 0.15) is 5.82 Å². The van der Waals surface area contributed by atoms with E-state index < -0.39 is 0 Å². The molecule has 0 aromatic heterocycles. The Morgan fingerprint density at radius 2 is 1.76 bits per heavy atom. The van der Waals surface area contributed by atoms with E-state index >= 15 is 0 Å². The number of nitrogens with zero attached hydrogens (tertiary/aromatic N) is 2. The Kier molecular flexibility index (Phi) is 6.01. The van der Waals surface area contributed by atoms with Gasteiger partial charge in [0.25, 0.3) is 5.91 Å². The first-order valence-corrected chi connectivity index (χ1v) is 8.78. The summed E-state index contributed by atoms with van der Waals surface area (Å²) in [5, 5.41) is 2.86. The number of hydrogen-bond acceptors (Lipinski definition) is 3. The van der Waals surface area contributed by atoms with E-state index in [1.54, 1.807) is 12.1 Å². The standard InChI is InChI=1S/C20H24FN3O/c21-18-7-4-6-17(16-18)20(25)22-10-5-11-23-12-14-24(15-13-23)19-8-2-1-3-9-19/h1-4,6-9,16H,5,10-15H2,(H,22,25). The van der Waals surface area contributed by atoms with Crippen LogP contribution in [-0.2, 0) is 0 Å². The van der Waals surface area contributed by atoms with E-state index in [0.717, 1.165) is 39.1 Å². The lowest BCUT2D eigenvalue weighted by Gasteiger charge is -2.36. The van der Waals surface area contributed by atoms with Gasteiger partial charge in [0, 0.05) is 44.0 Å². The minimum Gasteiger partial charge on any atom is -0.369 e. The molecule has 1 aliphatic heterocycles. The highest BCUT2D eigenvalue weighted by Crippen LogP contribution is 2.15. The second-order valence-electron chi connectivity index (χ2n) is 6.28. The molecule has 0 aliphatic carbocycles. The highest BCUT2D eigenvalue weighted by Gasteiger charge is 2.16. The molecule has 1 aliphatic rings. The van der Waals surface area contributed by atoms with Crippen LogP contribution in [0.25, 0.3) is 0 Å². The number of benzene rings is 2. The first-order chi connectivity index (χ1) is 12.2. The van der Waals surface area contributed by atoms with E-state index in [1.807, 2.05) is 6.07 Å². The van der Waals surface area contributed by atoms with Gasteiger partial charge in [0.2, 0.25) is 0 Å². The van der Waals surface area contributed by atoms with Crippen LogP contribution >= 0.6 is 0 Å². The molecule has 2 aromatic carbocycles. The van der Waals surface area contributed by atoms with E-state index in [-0.39, 0.29) is 11.7 Å². The quantitative estimate of drug-likeness (QED) is 0.821. The van der Waals surface area contributed by atoms with Crippen molar-refractivity contribution in [3.63, 3.8) is 0 Å². The van der Waals surface area contributed by atoms with Gasteiger partial charge < -0.3 is 10.2 Å². The molecule has 3 rings (SSSR count). The van der Waals surface area contributed by atoms with Crippen molar-refractivity contribution in [2.24, 2.45) is 0 Å². The average Bonchev–Trinajstić information content (AvgIpc) is 2.66. The molecule has 0 radical (unpaired) electrons. The minimum atomic E-state index is -0.385. The number of anilines is 1. The number of para-hydroxylation sites is 1. The third-order valence-corrected chi connectivity index (χ3v) is 4.52. The fourth-order valence-electron chi connectivity index (χ4n) is 3.10. The summed E-state index contributed by atoms with van der Waals surface area (Å²) in [6.07, 6.45) is 0.895. The van der Waals surface area contributed by atoms with Crippen LogP contribution in [-0.4, -0.2) is 50.1 Å². The van der Waals surface area contributed by atoms with Gasteiger partial charge in [-0.15, -0.1) is 0 Å². The van der Waals surface area contributed by atoms with E-state index in [1.165, 1.54) is 17.8 Å². The number of carbonyl (C=O) groups is 1. The van der Waals surface area contributed by atoms with E-state index in [2.05, 4.69) is 39.4 Å². The molecule has 1 fully saturated rings. The van der Waals surface area contributed by atoms with Gasteiger partial charge in [0.05, 0.1) is 0 Å². The van der Waals surface area contributed by atoms with Crippen molar-refractivity contribution in [2.45, 2.75) is 6.42 Å². The van der Waals surface area contributed by atoms with Gasteiger partial charge in [-0.05, 0) is 43.3 Å². The van der Waals surface area contributed by atoms with Crippen LogP contribution in [0, 0.1) is 5.82 Å². The number of nitrogens with one attached hydrogen (secondary N) is 1. The molecule has 25 heavy (non-hydrogen) atoms. The maximum absolute atomic E-state index is 13.1. The topological polar surface area (TPSA) is 35.6 Å². The summed E-state index contributed by atoms with van der Waals surface area (Å²) >= 11 is 0. The SMILES string of the molecule is O=C(NCCCN1CCN(c2ccccc2)CC1)c1cccc(F)c1. The lowest BCUT2D eigenvalue weighted by Crippen LogP contribution is -2.47. The molecule has 0 spiro atoms. The molecule has 0 saturated carbocycles. The molecule has 2 aromatic rings. The van der Waals surface area contributed by atoms with E-state index in [0.29, 0.717) is 12.1 Å². The summed E-state index contributed by atoms with van der Waals surface area (Å²) in [5.41, 5.74) is 1.65. The minimum absolute atomic E-state index is 0.214. The van der Waals surface area contributed by atoms with Gasteiger partial charge in [-0.25, -0.2) is 4.39 Å². The zero-order chi connectivity index (χ0) is 17.5. The number of amides is 1. The summed E-state index contributed by atoms with van der Waals surface area (Å²) in [6, 6.07) is 16.3. The molecule has 4 nitrogen and oxygen atoms in total. The zero-order valence-electron chi connectivity index (χ0n) is 14.3. The van der Waals surface area contributed by atoms with E-state index in [9.17, 15) is 9.18 Å². The first kappa shape index (κ1) is 17.4. The maximum atomic E-state index is 13.1. The fraction of sp³-hybridized carbons (Fsp3) is 0.350. The summed E-state index contributed by atoms with van der Waals surface area (Å²) in [4.78, 5) is 16.8.